The van der Waals surface area contributed by atoms with Crippen LogP contribution in [-0.4, -0.2) is 49.8 Å². The van der Waals surface area contributed by atoms with Crippen molar-refractivity contribution in [2.45, 2.75) is 44.9 Å². The van der Waals surface area contributed by atoms with Gasteiger partial charge in [-0.2, -0.15) is 8.42 Å². The summed E-state index contributed by atoms with van der Waals surface area (Å²) in [6.07, 6.45) is 2.99. The zero-order valence-electron chi connectivity index (χ0n) is 16.5. The number of ether oxygens (including phenoxy) is 2. The van der Waals surface area contributed by atoms with E-state index in [4.69, 9.17) is 17.9 Å². The molecule has 0 radical (unpaired) electrons. The first kappa shape index (κ1) is 22.2. The molecule has 2 N–H and O–H groups in total. The highest BCUT2D eigenvalue weighted by molar-refractivity contribution is 7.51. The number of fused-ring (bicyclic) bond motifs is 2. The molecule has 11 heteroatoms. The summed E-state index contributed by atoms with van der Waals surface area (Å²) >= 11 is -0.750. The third-order valence-corrected chi connectivity index (χ3v) is 4.95. The fourth-order valence-corrected chi connectivity index (χ4v) is 3.66. The van der Waals surface area contributed by atoms with Gasteiger partial charge in [-0.3, -0.25) is 0 Å². The number of benzene rings is 1. The first-order chi connectivity index (χ1) is 14.4. The summed E-state index contributed by atoms with van der Waals surface area (Å²) in [5, 5.41) is 6.25. The Hall–Kier alpha value is -2.50. The second kappa shape index (κ2) is 10.0. The minimum Gasteiger partial charge on any atom is -0.474 e. The summed E-state index contributed by atoms with van der Waals surface area (Å²) in [7, 11) is 0. The van der Waals surface area contributed by atoms with Crippen LogP contribution in [0.1, 0.15) is 24.0 Å². The van der Waals surface area contributed by atoms with Crippen LogP contribution in [0.25, 0.3) is 0 Å². The lowest BCUT2D eigenvalue weighted by Crippen LogP contribution is -2.56. The van der Waals surface area contributed by atoms with E-state index in [9.17, 15) is 8.78 Å². The third-order valence-electron chi connectivity index (χ3n) is 4.95. The number of hydrogen-bond donors (Lipinski definition) is 2. The number of morpholine rings is 1. The summed E-state index contributed by atoms with van der Waals surface area (Å²) in [5.41, 5.74) is 0.887. The molecule has 1 aromatic heterocycles. The van der Waals surface area contributed by atoms with Crippen LogP contribution in [0, 0.1) is 25.5 Å². The van der Waals surface area contributed by atoms with Crippen molar-refractivity contribution < 1.29 is 26.7 Å². The van der Waals surface area contributed by atoms with Crippen LogP contribution < -0.4 is 15.4 Å². The highest BCUT2D eigenvalue weighted by atomic mass is 32.1. The fraction of sp³-hybridized carbons (Fsp3) is 0.474. The number of piperidine rings is 1. The standard InChI is InChI=1S/C19H22F2N4O2.O2S/c1-10-3-15(20)17(16(21)4-10)25-18-11(2)19(23-9-22-18)27-14-5-12-7-26-8-13(6-14)24-12;1-3-2/h3-4,9,12-14,24H,5-8H2,1-2H3,(H,22,23,25);. The Morgan fingerprint density at radius 1 is 1.13 bits per heavy atom. The highest BCUT2D eigenvalue weighted by Gasteiger charge is 2.33. The van der Waals surface area contributed by atoms with Gasteiger partial charge in [-0.1, -0.05) is 0 Å². The number of halogens is 2. The summed E-state index contributed by atoms with van der Waals surface area (Å²) < 4.78 is 56.5. The average molecular weight is 440 g/mol. The molecule has 2 aromatic rings. The molecule has 2 bridgehead atoms. The number of aryl methyl sites for hydroxylation is 1. The predicted octanol–water partition coefficient (Wildman–Crippen LogP) is 2.34. The number of hydrogen-bond acceptors (Lipinski definition) is 8. The lowest BCUT2D eigenvalue weighted by molar-refractivity contribution is -0.0134. The SMILES string of the molecule is Cc1cc(F)c(Nc2ncnc(OC3CC4COCC(C3)N4)c2C)c(F)c1.O=S=O. The monoisotopic (exact) mass is 440 g/mol. The second-order valence-electron chi connectivity index (χ2n) is 7.26. The van der Waals surface area contributed by atoms with E-state index in [0.29, 0.717) is 36.0 Å². The Kier molecular flexibility index (Phi) is 7.40. The van der Waals surface area contributed by atoms with Gasteiger partial charge < -0.3 is 20.1 Å². The van der Waals surface area contributed by atoms with E-state index in [-0.39, 0.29) is 23.9 Å². The van der Waals surface area contributed by atoms with Crippen molar-refractivity contribution in [2.24, 2.45) is 0 Å². The number of anilines is 2. The van der Waals surface area contributed by atoms with Crippen molar-refractivity contribution >= 4 is 23.1 Å². The number of aromatic nitrogens is 2. The first-order valence-corrected chi connectivity index (χ1v) is 10.0. The molecule has 2 aliphatic heterocycles. The van der Waals surface area contributed by atoms with Crippen LogP contribution in [0.2, 0.25) is 0 Å². The van der Waals surface area contributed by atoms with Crippen molar-refractivity contribution in [1.29, 1.82) is 0 Å². The van der Waals surface area contributed by atoms with Crippen LogP contribution in [0.4, 0.5) is 20.3 Å². The van der Waals surface area contributed by atoms with Crippen LogP contribution >= 0.6 is 0 Å². The molecular weight excluding hydrogens is 418 g/mol. The fourth-order valence-electron chi connectivity index (χ4n) is 3.66. The van der Waals surface area contributed by atoms with E-state index in [1.54, 1.807) is 13.8 Å². The summed E-state index contributed by atoms with van der Waals surface area (Å²) in [6, 6.07) is 3.10. The highest BCUT2D eigenvalue weighted by Crippen LogP contribution is 2.30. The number of nitrogens with one attached hydrogen (secondary N) is 2. The normalized spacial score (nSPS) is 22.5. The van der Waals surface area contributed by atoms with Gasteiger partial charge in [0, 0.05) is 24.9 Å². The molecule has 2 aliphatic rings. The Morgan fingerprint density at radius 2 is 1.73 bits per heavy atom. The van der Waals surface area contributed by atoms with Crippen LogP contribution in [-0.2, 0) is 16.3 Å². The second-order valence-corrected chi connectivity index (χ2v) is 7.39. The smallest absolute Gasteiger partial charge is 0.335 e. The van der Waals surface area contributed by atoms with Gasteiger partial charge in [0.15, 0.2) is 0 Å². The molecule has 30 heavy (non-hydrogen) atoms. The topological polar surface area (TPSA) is 102 Å². The molecule has 0 amide bonds. The van der Waals surface area contributed by atoms with Crippen molar-refractivity contribution in [3.05, 3.63) is 41.2 Å². The molecular formula is C19H22F2N4O4S. The van der Waals surface area contributed by atoms with E-state index in [1.165, 1.54) is 18.5 Å². The lowest BCUT2D eigenvalue weighted by Gasteiger charge is -2.39. The van der Waals surface area contributed by atoms with Crippen molar-refractivity contribution in [3.63, 3.8) is 0 Å². The van der Waals surface area contributed by atoms with Crippen LogP contribution in [0.15, 0.2) is 18.5 Å². The Balaban J connectivity index is 0.000000806. The largest absolute Gasteiger partial charge is 0.474 e. The lowest BCUT2D eigenvalue weighted by atomic mass is 9.95. The summed E-state index contributed by atoms with van der Waals surface area (Å²) in [6.45, 7) is 4.76. The minimum atomic E-state index is -0.750. The summed E-state index contributed by atoms with van der Waals surface area (Å²) in [4.78, 5) is 8.34. The van der Waals surface area contributed by atoms with Crippen molar-refractivity contribution in [3.8, 4) is 5.88 Å². The van der Waals surface area contributed by atoms with E-state index in [0.717, 1.165) is 12.8 Å². The van der Waals surface area contributed by atoms with Gasteiger partial charge in [0.05, 0.1) is 18.8 Å². The summed E-state index contributed by atoms with van der Waals surface area (Å²) in [5.74, 6) is -0.594. The Morgan fingerprint density at radius 3 is 2.33 bits per heavy atom. The van der Waals surface area contributed by atoms with Gasteiger partial charge in [0.1, 0.15) is 35.6 Å². The van der Waals surface area contributed by atoms with Gasteiger partial charge in [-0.25, -0.2) is 18.7 Å². The van der Waals surface area contributed by atoms with E-state index >= 15 is 0 Å². The van der Waals surface area contributed by atoms with E-state index in [2.05, 4.69) is 20.6 Å². The molecule has 162 valence electrons. The molecule has 0 saturated carbocycles. The maximum Gasteiger partial charge on any atom is 0.335 e. The quantitative estimate of drug-likeness (QED) is 0.747. The zero-order valence-corrected chi connectivity index (χ0v) is 17.3. The van der Waals surface area contributed by atoms with Crippen molar-refractivity contribution in [1.82, 2.24) is 15.3 Å². The van der Waals surface area contributed by atoms with Crippen molar-refractivity contribution in [2.75, 3.05) is 18.5 Å². The predicted molar refractivity (Wildman–Crippen MR) is 105 cm³/mol. The molecule has 2 unspecified atom stereocenters. The first-order valence-electron chi connectivity index (χ1n) is 9.37. The average Bonchev–Trinajstić information content (AvgIpc) is 2.68. The molecule has 0 aliphatic carbocycles. The molecule has 8 nitrogen and oxygen atoms in total. The molecule has 1 aromatic carbocycles. The molecule has 0 spiro atoms. The van der Waals surface area contributed by atoms with Gasteiger partial charge >= 0.3 is 11.6 Å². The Bertz CT molecular complexity index is 908. The molecule has 2 saturated heterocycles. The zero-order chi connectivity index (χ0) is 21.7. The molecule has 4 rings (SSSR count). The van der Waals surface area contributed by atoms with Crippen LogP contribution in [0.5, 0.6) is 5.88 Å². The molecule has 3 heterocycles. The van der Waals surface area contributed by atoms with Gasteiger partial charge in [-0.05, 0) is 31.5 Å². The third kappa shape index (κ3) is 5.35. The van der Waals surface area contributed by atoms with E-state index in [1.807, 2.05) is 0 Å². The van der Waals surface area contributed by atoms with Gasteiger partial charge in [0.2, 0.25) is 5.88 Å². The number of nitrogens with zero attached hydrogens (tertiary/aromatic N) is 2. The Labute approximate surface area is 176 Å². The minimum absolute atomic E-state index is 0.0134. The maximum absolute atomic E-state index is 14.1. The maximum atomic E-state index is 14.1. The molecule has 2 fully saturated rings. The van der Waals surface area contributed by atoms with E-state index < -0.39 is 23.2 Å². The number of rotatable bonds is 4. The van der Waals surface area contributed by atoms with Gasteiger partial charge in [0.25, 0.3) is 0 Å². The van der Waals surface area contributed by atoms with Crippen LogP contribution in [0.3, 0.4) is 0 Å². The molecule has 2 atom stereocenters. The van der Waals surface area contributed by atoms with Gasteiger partial charge in [-0.15, -0.1) is 0 Å².